The van der Waals surface area contributed by atoms with E-state index in [4.69, 9.17) is 10.2 Å². The van der Waals surface area contributed by atoms with Gasteiger partial charge in [0, 0.05) is 24.2 Å². The van der Waals surface area contributed by atoms with Crippen molar-refractivity contribution >= 4 is 11.9 Å². The molecule has 0 aromatic carbocycles. The standard InChI is InChI=1S/C16H20N4O2/c1-10-6-7-11(22-10)8-9-18-15(21)14-12-4-2-3-5-13(12)19-16(17)20-14/h6-7H,2-5,8-9H2,1H3,(H,18,21)(H2,17,19,20). The molecule has 0 unspecified atom stereocenters. The Morgan fingerprint density at radius 3 is 2.91 bits per heavy atom. The molecule has 6 nitrogen and oxygen atoms in total. The van der Waals surface area contributed by atoms with Crippen molar-refractivity contribution in [2.45, 2.75) is 39.0 Å². The highest BCUT2D eigenvalue weighted by atomic mass is 16.3. The van der Waals surface area contributed by atoms with Crippen molar-refractivity contribution in [2.75, 3.05) is 12.3 Å². The molecule has 3 rings (SSSR count). The summed E-state index contributed by atoms with van der Waals surface area (Å²) < 4.78 is 5.48. The second kappa shape index (κ2) is 6.17. The Morgan fingerprint density at radius 2 is 2.14 bits per heavy atom. The summed E-state index contributed by atoms with van der Waals surface area (Å²) in [5.41, 5.74) is 8.03. The average molecular weight is 300 g/mol. The average Bonchev–Trinajstić information content (AvgIpc) is 2.91. The molecule has 0 radical (unpaired) electrons. The number of fused-ring (bicyclic) bond motifs is 1. The van der Waals surface area contributed by atoms with Crippen molar-refractivity contribution in [3.8, 4) is 0 Å². The lowest BCUT2D eigenvalue weighted by Gasteiger charge is -2.17. The minimum atomic E-state index is -0.185. The molecule has 0 atom stereocenters. The van der Waals surface area contributed by atoms with Crippen molar-refractivity contribution in [3.05, 3.63) is 40.6 Å². The Kier molecular flexibility index (Phi) is 4.09. The Hall–Kier alpha value is -2.37. The number of hydrogen-bond donors (Lipinski definition) is 2. The third-order valence-corrected chi connectivity index (χ3v) is 3.87. The molecular weight excluding hydrogens is 280 g/mol. The molecule has 6 heteroatoms. The van der Waals surface area contributed by atoms with E-state index in [1.807, 2.05) is 19.1 Å². The third-order valence-electron chi connectivity index (χ3n) is 3.87. The van der Waals surface area contributed by atoms with Crippen LogP contribution in [0.15, 0.2) is 16.5 Å². The van der Waals surface area contributed by atoms with Crippen LogP contribution in [0.2, 0.25) is 0 Å². The molecule has 116 valence electrons. The molecule has 2 aromatic rings. The molecule has 1 amide bonds. The number of rotatable bonds is 4. The van der Waals surface area contributed by atoms with Crippen LogP contribution in [0.1, 0.15) is 46.1 Å². The van der Waals surface area contributed by atoms with E-state index in [1.165, 1.54) is 0 Å². The summed E-state index contributed by atoms with van der Waals surface area (Å²) in [4.78, 5) is 20.8. The van der Waals surface area contributed by atoms with Crippen LogP contribution in [-0.4, -0.2) is 22.4 Å². The summed E-state index contributed by atoms with van der Waals surface area (Å²) in [5, 5.41) is 2.89. The van der Waals surface area contributed by atoms with E-state index in [-0.39, 0.29) is 11.9 Å². The maximum atomic E-state index is 12.4. The quantitative estimate of drug-likeness (QED) is 0.898. The van der Waals surface area contributed by atoms with E-state index < -0.39 is 0 Å². The molecule has 3 N–H and O–H groups in total. The summed E-state index contributed by atoms with van der Waals surface area (Å²) in [6.07, 6.45) is 4.51. The van der Waals surface area contributed by atoms with Crippen LogP contribution in [0.25, 0.3) is 0 Å². The predicted octanol–water partition coefficient (Wildman–Crippen LogP) is 1.81. The number of nitrogens with zero attached hydrogens (tertiary/aromatic N) is 2. The Labute approximate surface area is 129 Å². The zero-order chi connectivity index (χ0) is 15.5. The molecule has 1 aliphatic rings. The fourth-order valence-corrected chi connectivity index (χ4v) is 2.80. The molecule has 0 saturated carbocycles. The topological polar surface area (TPSA) is 94.0 Å². The number of amides is 1. The van der Waals surface area contributed by atoms with E-state index in [2.05, 4.69) is 15.3 Å². The lowest BCUT2D eigenvalue weighted by atomic mass is 9.94. The van der Waals surface area contributed by atoms with Crippen molar-refractivity contribution in [3.63, 3.8) is 0 Å². The van der Waals surface area contributed by atoms with Gasteiger partial charge in [-0.3, -0.25) is 4.79 Å². The first kappa shape index (κ1) is 14.6. The second-order valence-electron chi connectivity index (χ2n) is 5.58. The maximum Gasteiger partial charge on any atom is 0.270 e. The van der Waals surface area contributed by atoms with Gasteiger partial charge in [-0.1, -0.05) is 0 Å². The summed E-state index contributed by atoms with van der Waals surface area (Å²) in [5.74, 6) is 1.73. The Morgan fingerprint density at radius 1 is 1.32 bits per heavy atom. The smallest absolute Gasteiger partial charge is 0.270 e. The number of nitrogen functional groups attached to an aromatic ring is 1. The lowest BCUT2D eigenvalue weighted by molar-refractivity contribution is 0.0947. The minimum Gasteiger partial charge on any atom is -0.466 e. The van der Waals surface area contributed by atoms with Gasteiger partial charge >= 0.3 is 0 Å². The number of furan rings is 1. The van der Waals surface area contributed by atoms with Crippen LogP contribution >= 0.6 is 0 Å². The summed E-state index contributed by atoms with van der Waals surface area (Å²) >= 11 is 0. The number of carbonyl (C=O) groups is 1. The van der Waals surface area contributed by atoms with Crippen LogP contribution in [-0.2, 0) is 19.3 Å². The molecule has 22 heavy (non-hydrogen) atoms. The number of nitrogens with two attached hydrogens (primary N) is 1. The van der Waals surface area contributed by atoms with Gasteiger partial charge in [-0.15, -0.1) is 0 Å². The van der Waals surface area contributed by atoms with E-state index in [0.717, 1.165) is 48.5 Å². The van der Waals surface area contributed by atoms with Crippen molar-refractivity contribution in [1.29, 1.82) is 0 Å². The van der Waals surface area contributed by atoms with Crippen molar-refractivity contribution in [1.82, 2.24) is 15.3 Å². The Bertz CT molecular complexity index is 693. The summed E-state index contributed by atoms with van der Waals surface area (Å²) in [7, 11) is 0. The van der Waals surface area contributed by atoms with Crippen molar-refractivity contribution in [2.24, 2.45) is 0 Å². The summed E-state index contributed by atoms with van der Waals surface area (Å²) in [6.45, 7) is 2.41. The maximum absolute atomic E-state index is 12.4. The molecule has 0 aliphatic heterocycles. The highest BCUT2D eigenvalue weighted by Crippen LogP contribution is 2.22. The zero-order valence-corrected chi connectivity index (χ0v) is 12.7. The van der Waals surface area contributed by atoms with Crippen LogP contribution in [0.5, 0.6) is 0 Å². The van der Waals surface area contributed by atoms with E-state index in [9.17, 15) is 4.79 Å². The van der Waals surface area contributed by atoms with E-state index in [0.29, 0.717) is 18.7 Å². The van der Waals surface area contributed by atoms with Crippen LogP contribution in [0.3, 0.4) is 0 Å². The molecule has 2 aromatic heterocycles. The first-order valence-corrected chi connectivity index (χ1v) is 7.62. The van der Waals surface area contributed by atoms with E-state index >= 15 is 0 Å². The predicted molar refractivity (Wildman–Crippen MR) is 82.6 cm³/mol. The number of aromatic nitrogens is 2. The number of hydrogen-bond acceptors (Lipinski definition) is 5. The largest absolute Gasteiger partial charge is 0.466 e. The van der Waals surface area contributed by atoms with Gasteiger partial charge in [0.1, 0.15) is 17.2 Å². The third kappa shape index (κ3) is 3.10. The van der Waals surface area contributed by atoms with Gasteiger partial charge in [-0.25, -0.2) is 9.97 Å². The molecule has 0 fully saturated rings. The SMILES string of the molecule is Cc1ccc(CCNC(=O)c2nc(N)nc3c2CCCC3)o1. The molecular formula is C16H20N4O2. The van der Waals surface area contributed by atoms with Gasteiger partial charge in [0.2, 0.25) is 5.95 Å². The van der Waals surface area contributed by atoms with Crippen LogP contribution in [0.4, 0.5) is 5.95 Å². The molecule has 1 aliphatic carbocycles. The monoisotopic (exact) mass is 300 g/mol. The van der Waals surface area contributed by atoms with E-state index in [1.54, 1.807) is 0 Å². The number of nitrogens with one attached hydrogen (secondary N) is 1. The van der Waals surface area contributed by atoms with Gasteiger partial charge in [-0.2, -0.15) is 0 Å². The van der Waals surface area contributed by atoms with Gasteiger partial charge < -0.3 is 15.5 Å². The molecule has 2 heterocycles. The van der Waals surface area contributed by atoms with Gasteiger partial charge in [0.15, 0.2) is 0 Å². The normalized spacial score (nSPS) is 13.7. The highest BCUT2D eigenvalue weighted by molar-refractivity contribution is 5.94. The fourth-order valence-electron chi connectivity index (χ4n) is 2.80. The van der Waals surface area contributed by atoms with Gasteiger partial charge in [0.05, 0.1) is 0 Å². The van der Waals surface area contributed by atoms with Crippen molar-refractivity contribution < 1.29 is 9.21 Å². The second-order valence-corrected chi connectivity index (χ2v) is 5.58. The zero-order valence-electron chi connectivity index (χ0n) is 12.7. The fraction of sp³-hybridized carbons (Fsp3) is 0.438. The Balaban J connectivity index is 1.68. The van der Waals surface area contributed by atoms with Crippen LogP contribution in [0, 0.1) is 6.92 Å². The summed E-state index contributed by atoms with van der Waals surface area (Å²) in [6, 6.07) is 3.84. The molecule has 0 saturated heterocycles. The number of anilines is 1. The molecule has 0 spiro atoms. The lowest BCUT2D eigenvalue weighted by Crippen LogP contribution is -2.29. The number of aryl methyl sites for hydroxylation is 2. The number of carbonyl (C=O) groups excluding carboxylic acids is 1. The first-order valence-electron chi connectivity index (χ1n) is 7.62. The minimum absolute atomic E-state index is 0.174. The van der Waals surface area contributed by atoms with Gasteiger partial charge in [0.25, 0.3) is 5.91 Å². The first-order chi connectivity index (χ1) is 10.6. The highest BCUT2D eigenvalue weighted by Gasteiger charge is 2.21. The van der Waals surface area contributed by atoms with Crippen LogP contribution < -0.4 is 11.1 Å². The molecule has 0 bridgehead atoms. The van der Waals surface area contributed by atoms with Gasteiger partial charge in [-0.05, 0) is 44.7 Å².